The zero-order chi connectivity index (χ0) is 6.69. The molecule has 0 saturated heterocycles. The van der Waals surface area contributed by atoms with Crippen molar-refractivity contribution in [1.29, 1.82) is 0 Å². The summed E-state index contributed by atoms with van der Waals surface area (Å²) in [5.41, 5.74) is 0. The van der Waals surface area contributed by atoms with E-state index in [2.05, 4.69) is 4.99 Å². The second-order valence-electron chi connectivity index (χ2n) is 2.55. The van der Waals surface area contributed by atoms with Gasteiger partial charge in [-0.25, -0.2) is 0 Å². The molecule has 1 aliphatic heterocycles. The van der Waals surface area contributed by atoms with Crippen LogP contribution in [0.25, 0.3) is 0 Å². The summed E-state index contributed by atoms with van der Waals surface area (Å²) in [7, 11) is 0. The maximum atomic E-state index is 5.36. The Balaban J connectivity index is 2.26. The first kappa shape index (κ1) is 6.59. The average molecular weight is 127 g/mol. The molecule has 0 fully saturated rings. The SMILES string of the molecule is CC(C)OC1=NCCC1. The van der Waals surface area contributed by atoms with Crippen molar-refractivity contribution in [2.24, 2.45) is 4.99 Å². The molecule has 0 aromatic heterocycles. The minimum Gasteiger partial charge on any atom is -0.478 e. The standard InChI is InChI=1S/C7H13NO/c1-6(2)9-7-4-3-5-8-7/h6H,3-5H2,1-2H3. The maximum Gasteiger partial charge on any atom is 0.183 e. The number of ether oxygens (including phenoxy) is 1. The van der Waals surface area contributed by atoms with Crippen molar-refractivity contribution >= 4 is 5.90 Å². The Kier molecular flexibility index (Phi) is 2.09. The molecule has 0 bridgehead atoms. The van der Waals surface area contributed by atoms with E-state index in [-0.39, 0.29) is 0 Å². The third kappa shape index (κ3) is 2.04. The minimum absolute atomic E-state index is 0.293. The van der Waals surface area contributed by atoms with Gasteiger partial charge in [0, 0.05) is 13.0 Å². The third-order valence-electron chi connectivity index (χ3n) is 1.21. The number of hydrogen-bond donors (Lipinski definition) is 0. The molecular weight excluding hydrogens is 114 g/mol. The van der Waals surface area contributed by atoms with Gasteiger partial charge >= 0.3 is 0 Å². The van der Waals surface area contributed by atoms with Crippen molar-refractivity contribution in [2.75, 3.05) is 6.54 Å². The molecule has 52 valence electrons. The number of rotatable bonds is 1. The van der Waals surface area contributed by atoms with Crippen LogP contribution in [0, 0.1) is 0 Å². The number of aliphatic imine (C=N–C) groups is 1. The van der Waals surface area contributed by atoms with Crippen molar-refractivity contribution < 1.29 is 4.74 Å². The molecule has 0 N–H and O–H groups in total. The van der Waals surface area contributed by atoms with Gasteiger partial charge in [-0.1, -0.05) is 0 Å². The van der Waals surface area contributed by atoms with Gasteiger partial charge in [0.2, 0.25) is 0 Å². The molecule has 1 heterocycles. The first-order chi connectivity index (χ1) is 4.29. The Morgan fingerprint density at radius 2 is 2.33 bits per heavy atom. The van der Waals surface area contributed by atoms with Crippen molar-refractivity contribution in [3.05, 3.63) is 0 Å². The van der Waals surface area contributed by atoms with E-state index < -0.39 is 0 Å². The molecule has 0 radical (unpaired) electrons. The Bertz CT molecular complexity index is 118. The Hall–Kier alpha value is -0.530. The fraction of sp³-hybridized carbons (Fsp3) is 0.857. The van der Waals surface area contributed by atoms with E-state index in [1.165, 1.54) is 6.42 Å². The van der Waals surface area contributed by atoms with Crippen LogP contribution in [0.3, 0.4) is 0 Å². The third-order valence-corrected chi connectivity index (χ3v) is 1.21. The smallest absolute Gasteiger partial charge is 0.183 e. The van der Waals surface area contributed by atoms with Crippen LogP contribution in [0.4, 0.5) is 0 Å². The Morgan fingerprint density at radius 1 is 1.56 bits per heavy atom. The van der Waals surface area contributed by atoms with Crippen molar-refractivity contribution in [2.45, 2.75) is 32.8 Å². The molecule has 0 spiro atoms. The molecule has 2 heteroatoms. The van der Waals surface area contributed by atoms with Gasteiger partial charge in [0.1, 0.15) is 0 Å². The summed E-state index contributed by atoms with van der Waals surface area (Å²) in [5.74, 6) is 0.949. The van der Waals surface area contributed by atoms with E-state index in [0.717, 1.165) is 18.9 Å². The van der Waals surface area contributed by atoms with E-state index in [0.29, 0.717) is 6.10 Å². The normalized spacial score (nSPS) is 18.3. The van der Waals surface area contributed by atoms with Gasteiger partial charge in [0.15, 0.2) is 5.90 Å². The second kappa shape index (κ2) is 2.85. The van der Waals surface area contributed by atoms with E-state index in [1.54, 1.807) is 0 Å². The van der Waals surface area contributed by atoms with Gasteiger partial charge in [-0.3, -0.25) is 4.99 Å². The summed E-state index contributed by atoms with van der Waals surface area (Å²) < 4.78 is 5.36. The fourth-order valence-corrected chi connectivity index (χ4v) is 0.881. The molecule has 1 aliphatic rings. The molecule has 0 amide bonds. The predicted molar refractivity (Wildman–Crippen MR) is 37.8 cm³/mol. The van der Waals surface area contributed by atoms with Crippen molar-refractivity contribution in [3.63, 3.8) is 0 Å². The molecule has 0 aliphatic carbocycles. The van der Waals surface area contributed by atoms with Crippen molar-refractivity contribution in [1.82, 2.24) is 0 Å². The van der Waals surface area contributed by atoms with Crippen LogP contribution in [0.15, 0.2) is 4.99 Å². The lowest BCUT2D eigenvalue weighted by Crippen LogP contribution is -2.08. The summed E-state index contributed by atoms with van der Waals surface area (Å²) in [5, 5.41) is 0. The predicted octanol–water partition coefficient (Wildman–Crippen LogP) is 1.60. The quantitative estimate of drug-likeness (QED) is 0.524. The van der Waals surface area contributed by atoms with Crippen LogP contribution in [-0.4, -0.2) is 18.5 Å². The largest absolute Gasteiger partial charge is 0.478 e. The summed E-state index contributed by atoms with van der Waals surface area (Å²) in [6, 6.07) is 0. The molecule has 0 saturated carbocycles. The lowest BCUT2D eigenvalue weighted by atomic mass is 10.3. The highest BCUT2D eigenvalue weighted by Gasteiger charge is 2.07. The summed E-state index contributed by atoms with van der Waals surface area (Å²) in [6.07, 6.45) is 2.50. The van der Waals surface area contributed by atoms with Gasteiger partial charge in [0.25, 0.3) is 0 Å². The fourth-order valence-electron chi connectivity index (χ4n) is 0.881. The molecule has 2 nitrogen and oxygen atoms in total. The molecule has 0 atom stereocenters. The second-order valence-corrected chi connectivity index (χ2v) is 2.55. The Morgan fingerprint density at radius 3 is 2.78 bits per heavy atom. The average Bonchev–Trinajstić information content (AvgIpc) is 2.15. The molecular formula is C7H13NO. The lowest BCUT2D eigenvalue weighted by molar-refractivity contribution is 0.224. The first-order valence-corrected chi connectivity index (χ1v) is 3.49. The van der Waals surface area contributed by atoms with Crippen LogP contribution in [-0.2, 0) is 4.74 Å². The monoisotopic (exact) mass is 127 g/mol. The number of nitrogens with zero attached hydrogens (tertiary/aromatic N) is 1. The zero-order valence-electron chi connectivity index (χ0n) is 6.05. The van der Waals surface area contributed by atoms with Crippen LogP contribution < -0.4 is 0 Å². The van der Waals surface area contributed by atoms with Gasteiger partial charge in [0.05, 0.1) is 6.10 Å². The Labute approximate surface area is 55.9 Å². The van der Waals surface area contributed by atoms with E-state index >= 15 is 0 Å². The van der Waals surface area contributed by atoms with Crippen LogP contribution >= 0.6 is 0 Å². The van der Waals surface area contributed by atoms with E-state index in [4.69, 9.17) is 4.74 Å². The maximum absolute atomic E-state index is 5.36. The van der Waals surface area contributed by atoms with E-state index in [9.17, 15) is 0 Å². The van der Waals surface area contributed by atoms with Gasteiger partial charge in [-0.05, 0) is 20.3 Å². The first-order valence-electron chi connectivity index (χ1n) is 3.49. The minimum atomic E-state index is 0.293. The molecule has 0 unspecified atom stereocenters. The zero-order valence-corrected chi connectivity index (χ0v) is 6.05. The summed E-state index contributed by atoms with van der Waals surface area (Å²) >= 11 is 0. The lowest BCUT2D eigenvalue weighted by Gasteiger charge is -2.07. The highest BCUT2D eigenvalue weighted by atomic mass is 16.5. The van der Waals surface area contributed by atoms with Crippen LogP contribution in [0.1, 0.15) is 26.7 Å². The van der Waals surface area contributed by atoms with Gasteiger partial charge in [-0.15, -0.1) is 0 Å². The number of hydrogen-bond acceptors (Lipinski definition) is 2. The van der Waals surface area contributed by atoms with Crippen molar-refractivity contribution in [3.8, 4) is 0 Å². The van der Waals surface area contributed by atoms with Crippen LogP contribution in [0.5, 0.6) is 0 Å². The summed E-state index contributed by atoms with van der Waals surface area (Å²) in [6.45, 7) is 5.02. The molecule has 0 aromatic carbocycles. The topological polar surface area (TPSA) is 21.6 Å². The van der Waals surface area contributed by atoms with Gasteiger partial charge < -0.3 is 4.74 Å². The van der Waals surface area contributed by atoms with Gasteiger partial charge in [-0.2, -0.15) is 0 Å². The highest BCUT2D eigenvalue weighted by Crippen LogP contribution is 2.06. The molecule has 0 aromatic rings. The molecule has 1 rings (SSSR count). The van der Waals surface area contributed by atoms with Crippen LogP contribution in [0.2, 0.25) is 0 Å². The highest BCUT2D eigenvalue weighted by molar-refractivity contribution is 5.77. The molecule has 9 heavy (non-hydrogen) atoms. The summed E-state index contributed by atoms with van der Waals surface area (Å²) in [4.78, 5) is 4.17. The van der Waals surface area contributed by atoms with E-state index in [1.807, 2.05) is 13.8 Å².